The van der Waals surface area contributed by atoms with Crippen molar-refractivity contribution in [2.45, 2.75) is 17.6 Å². The number of thioether (sulfide) groups is 1. The van der Waals surface area contributed by atoms with Gasteiger partial charge >= 0.3 is 0 Å². The van der Waals surface area contributed by atoms with Crippen molar-refractivity contribution < 1.29 is 13.6 Å². The Morgan fingerprint density at radius 3 is 2.46 bits per heavy atom. The minimum atomic E-state index is 0.124. The van der Waals surface area contributed by atoms with Gasteiger partial charge < -0.3 is 13.6 Å². The van der Waals surface area contributed by atoms with Crippen molar-refractivity contribution in [3.05, 3.63) is 70.4 Å². The van der Waals surface area contributed by atoms with Gasteiger partial charge in [-0.15, -0.1) is 20.4 Å². The van der Waals surface area contributed by atoms with Gasteiger partial charge in [0.15, 0.2) is 6.61 Å². The van der Waals surface area contributed by atoms with Crippen LogP contribution in [-0.4, -0.2) is 20.4 Å². The van der Waals surface area contributed by atoms with Gasteiger partial charge in [-0.1, -0.05) is 47.1 Å². The molecule has 0 saturated carbocycles. The van der Waals surface area contributed by atoms with Crippen molar-refractivity contribution in [1.29, 1.82) is 0 Å². The van der Waals surface area contributed by atoms with E-state index in [1.165, 1.54) is 11.8 Å². The smallest absolute Gasteiger partial charge is 0.277 e. The van der Waals surface area contributed by atoms with E-state index in [1.54, 1.807) is 24.3 Å². The van der Waals surface area contributed by atoms with Gasteiger partial charge in [0.05, 0.1) is 10.8 Å². The van der Waals surface area contributed by atoms with Crippen LogP contribution >= 0.6 is 35.0 Å². The summed E-state index contributed by atoms with van der Waals surface area (Å²) >= 11 is 13.2. The highest BCUT2D eigenvalue weighted by Crippen LogP contribution is 2.26. The standard InChI is InChI=1S/C18H12Cl2N4O3S/c19-12-7-5-11(6-8-12)17-23-22-16(26-17)10-28-18-24-21-15(27-18)9-25-14-4-2-1-3-13(14)20/h1-8H,9-10H2. The molecule has 142 valence electrons. The third-order valence-electron chi connectivity index (χ3n) is 3.51. The molecule has 4 aromatic rings. The third kappa shape index (κ3) is 4.64. The topological polar surface area (TPSA) is 87.1 Å². The molecule has 0 amide bonds. The molecule has 7 nitrogen and oxygen atoms in total. The first-order chi connectivity index (χ1) is 13.7. The van der Waals surface area contributed by atoms with Gasteiger partial charge in [-0.2, -0.15) is 0 Å². The van der Waals surface area contributed by atoms with Crippen LogP contribution in [0.1, 0.15) is 11.8 Å². The lowest BCUT2D eigenvalue weighted by Crippen LogP contribution is -1.95. The van der Waals surface area contributed by atoms with E-state index in [1.807, 2.05) is 24.3 Å². The van der Waals surface area contributed by atoms with Crippen molar-refractivity contribution in [3.63, 3.8) is 0 Å². The zero-order valence-electron chi connectivity index (χ0n) is 14.2. The SMILES string of the molecule is Clc1ccc(-c2nnc(CSc3nnc(COc4ccccc4Cl)o3)o2)cc1. The van der Waals surface area contributed by atoms with E-state index in [0.29, 0.717) is 44.4 Å². The molecule has 0 N–H and O–H groups in total. The van der Waals surface area contributed by atoms with Crippen LogP contribution in [0.25, 0.3) is 11.5 Å². The lowest BCUT2D eigenvalue weighted by molar-refractivity contribution is 0.252. The molecule has 2 aromatic carbocycles. The lowest BCUT2D eigenvalue weighted by atomic mass is 10.2. The van der Waals surface area contributed by atoms with Crippen molar-refractivity contribution in [2.75, 3.05) is 0 Å². The second-order valence-electron chi connectivity index (χ2n) is 5.48. The highest BCUT2D eigenvalue weighted by atomic mass is 35.5. The van der Waals surface area contributed by atoms with Gasteiger partial charge in [0.1, 0.15) is 5.75 Å². The Morgan fingerprint density at radius 2 is 1.64 bits per heavy atom. The third-order valence-corrected chi connectivity index (χ3v) is 4.88. The first kappa shape index (κ1) is 18.8. The number of hydrogen-bond acceptors (Lipinski definition) is 8. The van der Waals surface area contributed by atoms with Crippen molar-refractivity contribution in [3.8, 4) is 17.2 Å². The Labute approximate surface area is 174 Å². The minimum absolute atomic E-state index is 0.124. The van der Waals surface area contributed by atoms with Gasteiger partial charge in [0, 0.05) is 10.6 Å². The molecule has 0 bridgehead atoms. The molecule has 4 rings (SSSR count). The Morgan fingerprint density at radius 1 is 0.857 bits per heavy atom. The molecule has 0 fully saturated rings. The first-order valence-electron chi connectivity index (χ1n) is 8.08. The van der Waals surface area contributed by atoms with E-state index in [-0.39, 0.29) is 6.61 Å². The fourth-order valence-corrected chi connectivity index (χ4v) is 3.13. The van der Waals surface area contributed by atoms with E-state index >= 15 is 0 Å². The fourth-order valence-electron chi connectivity index (χ4n) is 2.20. The highest BCUT2D eigenvalue weighted by molar-refractivity contribution is 7.98. The van der Waals surface area contributed by atoms with Crippen LogP contribution in [0, 0.1) is 0 Å². The number of halogens is 2. The molecule has 0 aliphatic carbocycles. The van der Waals surface area contributed by atoms with Crippen LogP contribution in [-0.2, 0) is 12.4 Å². The molecule has 0 aliphatic heterocycles. The fraction of sp³-hybridized carbons (Fsp3) is 0.111. The van der Waals surface area contributed by atoms with Crippen molar-refractivity contribution in [2.24, 2.45) is 0 Å². The van der Waals surface area contributed by atoms with Crippen LogP contribution in [0.15, 0.2) is 62.6 Å². The quantitative estimate of drug-likeness (QED) is 0.362. The summed E-state index contributed by atoms with van der Waals surface area (Å²) in [5.74, 6) is 2.16. The number of hydrogen-bond donors (Lipinski definition) is 0. The predicted molar refractivity (Wildman–Crippen MR) is 104 cm³/mol. The second kappa shape index (κ2) is 8.64. The summed E-state index contributed by atoms with van der Waals surface area (Å²) in [5.41, 5.74) is 0.796. The molecule has 0 saturated heterocycles. The summed E-state index contributed by atoms with van der Waals surface area (Å²) in [6, 6.07) is 14.3. The molecule has 0 unspecified atom stereocenters. The zero-order valence-corrected chi connectivity index (χ0v) is 16.5. The number of para-hydroxylation sites is 1. The van der Waals surface area contributed by atoms with Gasteiger partial charge in [-0.25, -0.2) is 0 Å². The van der Waals surface area contributed by atoms with Crippen LogP contribution in [0.3, 0.4) is 0 Å². The van der Waals surface area contributed by atoms with Crippen LogP contribution in [0.4, 0.5) is 0 Å². The number of nitrogens with zero attached hydrogens (tertiary/aromatic N) is 4. The van der Waals surface area contributed by atoms with Gasteiger partial charge in [-0.05, 0) is 36.4 Å². The van der Waals surface area contributed by atoms with Crippen molar-refractivity contribution in [1.82, 2.24) is 20.4 Å². The van der Waals surface area contributed by atoms with E-state index in [2.05, 4.69) is 20.4 Å². The molecule has 0 spiro atoms. The van der Waals surface area contributed by atoms with Crippen LogP contribution < -0.4 is 4.74 Å². The largest absolute Gasteiger partial charge is 0.482 e. The summed E-state index contributed by atoms with van der Waals surface area (Å²) in [6.45, 7) is 0.124. The Hall–Kier alpha value is -2.55. The summed E-state index contributed by atoms with van der Waals surface area (Å²) in [7, 11) is 0. The molecule has 0 aliphatic rings. The zero-order chi connectivity index (χ0) is 19.3. The maximum absolute atomic E-state index is 6.04. The summed E-state index contributed by atoms with van der Waals surface area (Å²) in [6.07, 6.45) is 0. The maximum atomic E-state index is 6.04. The van der Waals surface area contributed by atoms with E-state index in [4.69, 9.17) is 36.8 Å². The first-order valence-corrected chi connectivity index (χ1v) is 9.82. The monoisotopic (exact) mass is 434 g/mol. The highest BCUT2D eigenvalue weighted by Gasteiger charge is 2.13. The Bertz CT molecular complexity index is 1070. The summed E-state index contributed by atoms with van der Waals surface area (Å²) in [5, 5.41) is 17.5. The molecule has 0 radical (unpaired) electrons. The Balaban J connectivity index is 1.32. The van der Waals surface area contributed by atoms with Gasteiger partial charge in [0.2, 0.25) is 11.8 Å². The number of ether oxygens (including phenoxy) is 1. The lowest BCUT2D eigenvalue weighted by Gasteiger charge is -2.04. The van der Waals surface area contributed by atoms with Gasteiger partial charge in [-0.3, -0.25) is 0 Å². The normalized spacial score (nSPS) is 10.9. The molecule has 10 heteroatoms. The molecule has 2 heterocycles. The molecule has 28 heavy (non-hydrogen) atoms. The molecule has 0 atom stereocenters. The molecular weight excluding hydrogens is 423 g/mol. The maximum Gasteiger partial charge on any atom is 0.277 e. The second-order valence-corrected chi connectivity index (χ2v) is 7.25. The summed E-state index contributed by atoms with van der Waals surface area (Å²) in [4.78, 5) is 0. The number of benzene rings is 2. The molecule has 2 aromatic heterocycles. The minimum Gasteiger partial charge on any atom is -0.482 e. The number of aromatic nitrogens is 4. The van der Waals surface area contributed by atoms with Crippen LogP contribution in [0.2, 0.25) is 10.0 Å². The summed E-state index contributed by atoms with van der Waals surface area (Å²) < 4.78 is 16.8. The average Bonchev–Trinajstić information content (AvgIpc) is 3.36. The van der Waals surface area contributed by atoms with E-state index < -0.39 is 0 Å². The van der Waals surface area contributed by atoms with Crippen molar-refractivity contribution >= 4 is 35.0 Å². The van der Waals surface area contributed by atoms with Gasteiger partial charge in [0.25, 0.3) is 11.1 Å². The predicted octanol–water partition coefficient (Wildman–Crippen LogP) is 5.30. The number of rotatable bonds is 7. The van der Waals surface area contributed by atoms with E-state index in [0.717, 1.165) is 5.56 Å². The van der Waals surface area contributed by atoms with E-state index in [9.17, 15) is 0 Å². The van der Waals surface area contributed by atoms with Crippen LogP contribution in [0.5, 0.6) is 5.75 Å². The Kier molecular flexibility index (Phi) is 5.80. The average molecular weight is 435 g/mol. The molecular formula is C18H12Cl2N4O3S.